The summed E-state index contributed by atoms with van der Waals surface area (Å²) in [5.74, 6) is -1.03. The largest absolute Gasteiger partial charge is 0.477 e. The van der Waals surface area contributed by atoms with Crippen LogP contribution in [-0.4, -0.2) is 35.3 Å². The summed E-state index contributed by atoms with van der Waals surface area (Å²) in [5, 5.41) is 11.7. The van der Waals surface area contributed by atoms with Crippen LogP contribution < -0.4 is 5.32 Å². The van der Waals surface area contributed by atoms with Gasteiger partial charge in [0.05, 0.1) is 0 Å². The third-order valence-electron chi connectivity index (χ3n) is 5.32. The molecule has 1 amide bonds. The lowest BCUT2D eigenvalue weighted by molar-refractivity contribution is 0.0689. The van der Waals surface area contributed by atoms with Crippen molar-refractivity contribution in [2.45, 2.75) is 12.8 Å². The SMILES string of the molecule is Cc1cc(C=CCNC(=O)OCC2c3ccccc3-c3ccccc32)cnc1C(=O)O. The van der Waals surface area contributed by atoms with Crippen molar-refractivity contribution < 1.29 is 19.4 Å². The van der Waals surface area contributed by atoms with Gasteiger partial charge in [-0.1, -0.05) is 60.7 Å². The number of amides is 1. The quantitative estimate of drug-likeness (QED) is 0.613. The van der Waals surface area contributed by atoms with E-state index in [2.05, 4.69) is 34.6 Å². The molecule has 0 saturated heterocycles. The number of rotatable bonds is 6. The molecule has 1 aliphatic rings. The van der Waals surface area contributed by atoms with Crippen molar-refractivity contribution in [2.75, 3.05) is 13.2 Å². The number of pyridine rings is 1. The topological polar surface area (TPSA) is 88.5 Å². The second-order valence-corrected chi connectivity index (χ2v) is 7.35. The molecule has 0 radical (unpaired) electrons. The summed E-state index contributed by atoms with van der Waals surface area (Å²) in [6.45, 7) is 2.25. The predicted molar refractivity (Wildman–Crippen MR) is 118 cm³/mol. The summed E-state index contributed by atoms with van der Waals surface area (Å²) >= 11 is 0. The molecule has 0 aliphatic heterocycles. The third-order valence-corrected chi connectivity index (χ3v) is 5.32. The number of ether oxygens (including phenoxy) is 1. The zero-order valence-corrected chi connectivity index (χ0v) is 17.0. The van der Waals surface area contributed by atoms with Crippen LogP contribution in [0.2, 0.25) is 0 Å². The van der Waals surface area contributed by atoms with Gasteiger partial charge in [0.25, 0.3) is 0 Å². The molecule has 2 N–H and O–H groups in total. The Labute approximate surface area is 180 Å². The van der Waals surface area contributed by atoms with E-state index in [1.807, 2.05) is 24.3 Å². The van der Waals surface area contributed by atoms with Crippen molar-refractivity contribution in [2.24, 2.45) is 0 Å². The highest BCUT2D eigenvalue weighted by Crippen LogP contribution is 2.44. The zero-order chi connectivity index (χ0) is 21.8. The van der Waals surface area contributed by atoms with E-state index in [-0.39, 0.29) is 24.8 Å². The Morgan fingerprint density at radius 1 is 1.10 bits per heavy atom. The number of carbonyl (C=O) groups is 2. The molecule has 0 bridgehead atoms. The highest BCUT2D eigenvalue weighted by molar-refractivity contribution is 5.87. The summed E-state index contributed by atoms with van der Waals surface area (Å²) in [4.78, 5) is 27.1. The monoisotopic (exact) mass is 414 g/mol. The van der Waals surface area contributed by atoms with E-state index in [0.29, 0.717) is 5.56 Å². The van der Waals surface area contributed by atoms with Crippen LogP contribution in [0, 0.1) is 6.92 Å². The molecule has 1 aliphatic carbocycles. The number of carbonyl (C=O) groups excluding carboxylic acids is 1. The van der Waals surface area contributed by atoms with Crippen molar-refractivity contribution in [1.82, 2.24) is 10.3 Å². The molecular weight excluding hydrogens is 392 g/mol. The first-order chi connectivity index (χ1) is 15.0. The standard InChI is InChI=1S/C25H22N2O4/c1-16-13-17(14-27-23(16)24(28)29)7-6-12-26-25(30)31-15-22-20-10-4-2-8-18(20)19-9-3-5-11-21(19)22/h2-11,13-14,22H,12,15H2,1H3,(H,26,30)(H,28,29). The molecule has 0 atom stereocenters. The van der Waals surface area contributed by atoms with Gasteiger partial charge in [0.1, 0.15) is 6.61 Å². The number of nitrogens with zero attached hydrogens (tertiary/aromatic N) is 1. The van der Waals surface area contributed by atoms with Crippen LogP contribution >= 0.6 is 0 Å². The molecule has 0 spiro atoms. The summed E-state index contributed by atoms with van der Waals surface area (Å²) < 4.78 is 5.49. The molecule has 3 aromatic rings. The average molecular weight is 414 g/mol. The second kappa shape index (κ2) is 8.83. The van der Waals surface area contributed by atoms with Gasteiger partial charge in [-0.25, -0.2) is 14.6 Å². The summed E-state index contributed by atoms with van der Waals surface area (Å²) in [5.41, 5.74) is 6.10. The van der Waals surface area contributed by atoms with E-state index >= 15 is 0 Å². The molecule has 1 heterocycles. The van der Waals surface area contributed by atoms with Gasteiger partial charge >= 0.3 is 12.1 Å². The minimum atomic E-state index is -1.05. The van der Waals surface area contributed by atoms with E-state index in [1.165, 1.54) is 28.5 Å². The van der Waals surface area contributed by atoms with Gasteiger partial charge in [-0.15, -0.1) is 0 Å². The molecule has 6 heteroatoms. The van der Waals surface area contributed by atoms with E-state index in [4.69, 9.17) is 9.84 Å². The molecule has 0 fully saturated rings. The molecule has 2 aromatic carbocycles. The lowest BCUT2D eigenvalue weighted by atomic mass is 9.98. The number of nitrogens with one attached hydrogen (secondary N) is 1. The van der Waals surface area contributed by atoms with E-state index in [0.717, 1.165) is 5.56 Å². The summed E-state index contributed by atoms with van der Waals surface area (Å²) in [6, 6.07) is 18.1. The van der Waals surface area contributed by atoms with E-state index in [9.17, 15) is 9.59 Å². The van der Waals surface area contributed by atoms with Gasteiger partial charge in [-0.3, -0.25) is 0 Å². The lowest BCUT2D eigenvalue weighted by Gasteiger charge is -2.14. The van der Waals surface area contributed by atoms with Gasteiger partial charge in [0, 0.05) is 18.7 Å². The maximum absolute atomic E-state index is 12.2. The fourth-order valence-corrected chi connectivity index (χ4v) is 3.90. The van der Waals surface area contributed by atoms with Crippen molar-refractivity contribution in [3.63, 3.8) is 0 Å². The fourth-order valence-electron chi connectivity index (χ4n) is 3.90. The number of hydrogen-bond acceptors (Lipinski definition) is 4. The number of alkyl carbamates (subject to hydrolysis) is 1. The first-order valence-electron chi connectivity index (χ1n) is 10.00. The molecule has 0 saturated carbocycles. The minimum absolute atomic E-state index is 0.0236. The van der Waals surface area contributed by atoms with Crippen LogP contribution in [0.3, 0.4) is 0 Å². The minimum Gasteiger partial charge on any atom is -0.477 e. The van der Waals surface area contributed by atoms with Gasteiger partial charge in [0.15, 0.2) is 5.69 Å². The number of hydrogen-bond donors (Lipinski definition) is 2. The van der Waals surface area contributed by atoms with E-state index < -0.39 is 12.1 Å². The predicted octanol–water partition coefficient (Wildman–Crippen LogP) is 4.64. The van der Waals surface area contributed by atoms with Crippen LogP contribution in [-0.2, 0) is 4.74 Å². The van der Waals surface area contributed by atoms with E-state index in [1.54, 1.807) is 25.1 Å². The molecule has 6 nitrogen and oxygen atoms in total. The van der Waals surface area contributed by atoms with Crippen LogP contribution in [0.5, 0.6) is 0 Å². The number of benzene rings is 2. The number of carboxylic acids is 1. The number of fused-ring (bicyclic) bond motifs is 3. The molecule has 0 unspecified atom stereocenters. The Kier molecular flexibility index (Phi) is 5.80. The molecule has 4 rings (SSSR count). The smallest absolute Gasteiger partial charge is 0.407 e. The van der Waals surface area contributed by atoms with Crippen molar-refractivity contribution >= 4 is 18.1 Å². The normalized spacial score (nSPS) is 12.4. The van der Waals surface area contributed by atoms with Crippen LogP contribution in [0.15, 0.2) is 66.9 Å². The van der Waals surface area contributed by atoms with Crippen LogP contribution in [0.25, 0.3) is 17.2 Å². The average Bonchev–Trinajstić information content (AvgIpc) is 3.09. The van der Waals surface area contributed by atoms with Crippen LogP contribution in [0.1, 0.15) is 38.7 Å². The Bertz CT molecular complexity index is 1120. The first-order valence-corrected chi connectivity index (χ1v) is 10.00. The molecule has 1 aromatic heterocycles. The maximum atomic E-state index is 12.2. The van der Waals surface area contributed by atoms with Crippen molar-refractivity contribution in [3.8, 4) is 11.1 Å². The van der Waals surface area contributed by atoms with Crippen LogP contribution in [0.4, 0.5) is 4.79 Å². The molecule has 31 heavy (non-hydrogen) atoms. The number of carboxylic acid groups (broad SMARTS) is 1. The summed E-state index contributed by atoms with van der Waals surface area (Å²) in [6.07, 6.45) is 4.54. The van der Waals surface area contributed by atoms with Crippen molar-refractivity contribution in [1.29, 1.82) is 0 Å². The maximum Gasteiger partial charge on any atom is 0.407 e. The highest BCUT2D eigenvalue weighted by atomic mass is 16.5. The number of aromatic carboxylic acids is 1. The third kappa shape index (κ3) is 4.33. The number of aryl methyl sites for hydroxylation is 1. The highest BCUT2D eigenvalue weighted by Gasteiger charge is 2.28. The Morgan fingerprint density at radius 3 is 2.35 bits per heavy atom. The van der Waals surface area contributed by atoms with Gasteiger partial charge in [-0.2, -0.15) is 0 Å². The van der Waals surface area contributed by atoms with Gasteiger partial charge in [0.2, 0.25) is 0 Å². The molecule has 156 valence electrons. The fraction of sp³-hybridized carbons (Fsp3) is 0.160. The van der Waals surface area contributed by atoms with Gasteiger partial charge < -0.3 is 15.2 Å². The first kappa shape index (κ1) is 20.3. The summed E-state index contributed by atoms with van der Waals surface area (Å²) in [7, 11) is 0. The van der Waals surface area contributed by atoms with Gasteiger partial charge in [-0.05, 0) is 46.4 Å². The Hall–Kier alpha value is -3.93. The lowest BCUT2D eigenvalue weighted by Crippen LogP contribution is -2.26. The second-order valence-electron chi connectivity index (χ2n) is 7.35. The van der Waals surface area contributed by atoms with Crippen molar-refractivity contribution in [3.05, 3.63) is 94.8 Å². The zero-order valence-electron chi connectivity index (χ0n) is 17.0. The Morgan fingerprint density at radius 2 is 1.74 bits per heavy atom. The Balaban J connectivity index is 1.32. The number of aromatic nitrogens is 1. The molecular formula is C25H22N2O4.